The van der Waals surface area contributed by atoms with Crippen LogP contribution in [-0.2, 0) is 21.2 Å². The van der Waals surface area contributed by atoms with Gasteiger partial charge in [-0.3, -0.25) is 4.79 Å². The molecule has 1 amide bonds. The predicted octanol–water partition coefficient (Wildman–Crippen LogP) is 3.89. The number of benzene rings is 3. The monoisotopic (exact) mass is 474 g/mol. The van der Waals surface area contributed by atoms with Gasteiger partial charge in [-0.05, 0) is 48.4 Å². The van der Waals surface area contributed by atoms with Crippen molar-refractivity contribution in [2.45, 2.75) is 17.4 Å². The highest BCUT2D eigenvalue weighted by Gasteiger charge is 2.26. The van der Waals surface area contributed by atoms with Gasteiger partial charge in [-0.15, -0.1) is 0 Å². The van der Waals surface area contributed by atoms with E-state index in [-0.39, 0.29) is 11.3 Å². The third kappa shape index (κ3) is 6.00. The Kier molecular flexibility index (Phi) is 7.74. The number of anilines is 1. The van der Waals surface area contributed by atoms with Crippen LogP contribution in [0.25, 0.3) is 0 Å². The summed E-state index contributed by atoms with van der Waals surface area (Å²) in [6.07, 6.45) is 0.160. The first kappa shape index (κ1) is 23.6. The lowest BCUT2D eigenvalue weighted by molar-refractivity contribution is -0.117. The predicted molar refractivity (Wildman–Crippen MR) is 124 cm³/mol. The number of carbonyl (C=O) groups excluding carboxylic acids is 1. The highest BCUT2D eigenvalue weighted by Crippen LogP contribution is 2.29. The molecule has 2 N–H and O–H groups in total. The first-order valence-corrected chi connectivity index (χ1v) is 11.5. The standard InChI is InChI=1S/C23H23ClN2O5S/c1-30-21-13-10-18(15-22(21)31-2)25-23(27)20(14-16-6-4-3-5-7-16)26-32(28,29)19-11-8-17(24)9-12-19/h3-13,15,20,26H,14H2,1-2H3,(H,25,27)/t20-/m1/s1. The highest BCUT2D eigenvalue weighted by atomic mass is 35.5. The number of halogens is 1. The number of amides is 1. The molecule has 1 atom stereocenters. The van der Waals surface area contributed by atoms with E-state index in [0.717, 1.165) is 5.56 Å². The minimum Gasteiger partial charge on any atom is -0.493 e. The summed E-state index contributed by atoms with van der Waals surface area (Å²) < 4.78 is 38.8. The molecule has 0 saturated heterocycles. The van der Waals surface area contributed by atoms with Gasteiger partial charge in [0.25, 0.3) is 0 Å². The minimum absolute atomic E-state index is 0.0129. The van der Waals surface area contributed by atoms with E-state index < -0.39 is 22.0 Å². The Morgan fingerprint density at radius 2 is 1.59 bits per heavy atom. The normalized spacial score (nSPS) is 12.1. The number of ether oxygens (including phenoxy) is 2. The minimum atomic E-state index is -3.97. The number of carbonyl (C=O) groups is 1. The van der Waals surface area contributed by atoms with Crippen LogP contribution >= 0.6 is 11.6 Å². The van der Waals surface area contributed by atoms with Gasteiger partial charge >= 0.3 is 0 Å². The summed E-state index contributed by atoms with van der Waals surface area (Å²) in [5.41, 5.74) is 1.25. The van der Waals surface area contributed by atoms with Gasteiger partial charge < -0.3 is 14.8 Å². The van der Waals surface area contributed by atoms with Crippen LogP contribution in [0.2, 0.25) is 5.02 Å². The van der Waals surface area contributed by atoms with Crippen molar-refractivity contribution in [1.82, 2.24) is 4.72 Å². The van der Waals surface area contributed by atoms with Crippen LogP contribution in [-0.4, -0.2) is 34.6 Å². The summed E-state index contributed by atoms with van der Waals surface area (Å²) in [5.74, 6) is 0.431. The van der Waals surface area contributed by atoms with Crippen molar-refractivity contribution in [3.05, 3.63) is 83.4 Å². The molecule has 0 aliphatic heterocycles. The van der Waals surface area contributed by atoms with Crippen LogP contribution in [0.1, 0.15) is 5.56 Å². The van der Waals surface area contributed by atoms with Crippen molar-refractivity contribution in [2.75, 3.05) is 19.5 Å². The van der Waals surface area contributed by atoms with E-state index in [4.69, 9.17) is 21.1 Å². The molecular formula is C23H23ClN2O5S. The van der Waals surface area contributed by atoms with Crippen LogP contribution < -0.4 is 19.5 Å². The molecule has 0 aliphatic rings. The van der Waals surface area contributed by atoms with Gasteiger partial charge in [0.1, 0.15) is 6.04 Å². The number of hydrogen-bond acceptors (Lipinski definition) is 5. The van der Waals surface area contributed by atoms with E-state index in [2.05, 4.69) is 10.0 Å². The molecule has 9 heteroatoms. The Bertz CT molecular complexity index is 1170. The van der Waals surface area contributed by atoms with Crippen molar-refractivity contribution in [2.24, 2.45) is 0 Å². The molecule has 7 nitrogen and oxygen atoms in total. The zero-order chi connectivity index (χ0) is 23.1. The molecule has 0 fully saturated rings. The first-order valence-electron chi connectivity index (χ1n) is 9.67. The third-order valence-electron chi connectivity index (χ3n) is 4.67. The SMILES string of the molecule is COc1ccc(NC(=O)[C@@H](Cc2ccccc2)NS(=O)(=O)c2ccc(Cl)cc2)cc1OC. The van der Waals surface area contributed by atoms with Crippen molar-refractivity contribution in [3.63, 3.8) is 0 Å². The van der Waals surface area contributed by atoms with E-state index in [1.807, 2.05) is 30.3 Å². The van der Waals surface area contributed by atoms with E-state index in [1.165, 1.54) is 38.5 Å². The molecule has 0 saturated carbocycles. The quantitative estimate of drug-likeness (QED) is 0.490. The largest absolute Gasteiger partial charge is 0.493 e. The lowest BCUT2D eigenvalue weighted by Crippen LogP contribution is -2.45. The second-order valence-electron chi connectivity index (χ2n) is 6.88. The van der Waals surface area contributed by atoms with Gasteiger partial charge in [0, 0.05) is 16.8 Å². The summed E-state index contributed by atoms with van der Waals surface area (Å²) in [7, 11) is -0.972. The zero-order valence-corrected chi connectivity index (χ0v) is 19.1. The van der Waals surface area contributed by atoms with Gasteiger partial charge in [0.05, 0.1) is 19.1 Å². The van der Waals surface area contributed by atoms with Gasteiger partial charge in [-0.2, -0.15) is 4.72 Å². The summed E-state index contributed by atoms with van der Waals surface area (Å²) in [4.78, 5) is 13.1. The molecule has 0 aromatic heterocycles. The molecule has 0 spiro atoms. The summed E-state index contributed by atoms with van der Waals surface area (Å²) in [6, 6.07) is 18.7. The second-order valence-corrected chi connectivity index (χ2v) is 9.03. The van der Waals surface area contributed by atoms with Gasteiger partial charge in [-0.1, -0.05) is 41.9 Å². The van der Waals surface area contributed by atoms with Crippen LogP contribution in [0, 0.1) is 0 Å². The van der Waals surface area contributed by atoms with Gasteiger partial charge in [0.2, 0.25) is 15.9 Å². The second kappa shape index (κ2) is 10.5. The van der Waals surface area contributed by atoms with Crippen molar-refractivity contribution in [3.8, 4) is 11.5 Å². The molecule has 32 heavy (non-hydrogen) atoms. The average Bonchev–Trinajstić information content (AvgIpc) is 2.79. The Labute approximate surface area is 192 Å². The van der Waals surface area contributed by atoms with Crippen LogP contribution in [0.3, 0.4) is 0 Å². The lowest BCUT2D eigenvalue weighted by atomic mass is 10.1. The molecular weight excluding hydrogens is 452 g/mol. The van der Waals surface area contributed by atoms with Crippen LogP contribution in [0.4, 0.5) is 5.69 Å². The molecule has 3 rings (SSSR count). The fourth-order valence-corrected chi connectivity index (χ4v) is 4.37. The number of methoxy groups -OCH3 is 2. The van der Waals surface area contributed by atoms with E-state index in [1.54, 1.807) is 18.2 Å². The zero-order valence-electron chi connectivity index (χ0n) is 17.5. The Balaban J connectivity index is 1.86. The molecule has 0 bridgehead atoms. The first-order chi connectivity index (χ1) is 15.3. The topological polar surface area (TPSA) is 93.7 Å². The highest BCUT2D eigenvalue weighted by molar-refractivity contribution is 7.89. The summed E-state index contributed by atoms with van der Waals surface area (Å²) in [6.45, 7) is 0. The van der Waals surface area contributed by atoms with E-state index >= 15 is 0 Å². The Morgan fingerprint density at radius 3 is 2.22 bits per heavy atom. The molecule has 0 aliphatic carbocycles. The Hall–Kier alpha value is -3.07. The van der Waals surface area contributed by atoms with Crippen molar-refractivity contribution >= 4 is 33.2 Å². The van der Waals surface area contributed by atoms with Gasteiger partial charge in [0.15, 0.2) is 11.5 Å². The fraction of sp³-hybridized carbons (Fsp3) is 0.174. The van der Waals surface area contributed by atoms with Crippen LogP contribution in [0.15, 0.2) is 77.7 Å². The number of rotatable bonds is 9. The fourth-order valence-electron chi connectivity index (χ4n) is 3.05. The molecule has 168 valence electrons. The molecule has 3 aromatic carbocycles. The number of nitrogens with one attached hydrogen (secondary N) is 2. The smallest absolute Gasteiger partial charge is 0.242 e. The van der Waals surface area contributed by atoms with Crippen LogP contribution in [0.5, 0.6) is 11.5 Å². The number of hydrogen-bond donors (Lipinski definition) is 2. The van der Waals surface area contributed by atoms with Crippen molar-refractivity contribution in [1.29, 1.82) is 0 Å². The van der Waals surface area contributed by atoms with Crippen molar-refractivity contribution < 1.29 is 22.7 Å². The molecule has 0 unspecified atom stereocenters. The molecule has 3 aromatic rings. The Morgan fingerprint density at radius 1 is 0.938 bits per heavy atom. The maximum Gasteiger partial charge on any atom is 0.242 e. The molecule has 0 radical (unpaired) electrons. The van der Waals surface area contributed by atoms with E-state index in [9.17, 15) is 13.2 Å². The maximum absolute atomic E-state index is 13.1. The van der Waals surface area contributed by atoms with E-state index in [0.29, 0.717) is 22.2 Å². The third-order valence-corrected chi connectivity index (χ3v) is 6.41. The number of sulfonamides is 1. The average molecular weight is 475 g/mol. The maximum atomic E-state index is 13.1. The molecule has 0 heterocycles. The summed E-state index contributed by atoms with van der Waals surface area (Å²) >= 11 is 5.86. The summed E-state index contributed by atoms with van der Waals surface area (Å²) in [5, 5.41) is 3.16. The lowest BCUT2D eigenvalue weighted by Gasteiger charge is -2.19. The van der Waals surface area contributed by atoms with Gasteiger partial charge in [-0.25, -0.2) is 8.42 Å².